The van der Waals surface area contributed by atoms with Crippen LogP contribution in [0.15, 0.2) is 65.1 Å². The van der Waals surface area contributed by atoms with E-state index in [-0.39, 0.29) is 42.2 Å². The normalized spacial score (nSPS) is 11.3. The summed E-state index contributed by atoms with van der Waals surface area (Å²) in [6, 6.07) is 17.4. The van der Waals surface area contributed by atoms with Gasteiger partial charge in [-0.2, -0.15) is 0 Å². The number of hydrogen-bond acceptors (Lipinski definition) is 9. The number of para-hydroxylation sites is 1. The zero-order chi connectivity index (χ0) is 29.7. The number of hydrogen-bond donors (Lipinski definition) is 1. The van der Waals surface area contributed by atoms with Crippen molar-refractivity contribution in [3.63, 3.8) is 0 Å². The fraction of sp³-hybridized carbons (Fsp3) is 0.290. The monoisotopic (exact) mass is 560 g/mol. The zero-order valence-corrected chi connectivity index (χ0v) is 23.4. The molecule has 41 heavy (non-hydrogen) atoms. The van der Waals surface area contributed by atoms with Gasteiger partial charge >= 0.3 is 17.6 Å². The standard InChI is InChI=1S/C31H32N2O8/c1-5-38-27(34)16-21-10-6-7-12-26(21)39-18-24-23-14-22(20-11-8-9-19(13-20)17-32)15-25(33(36)37)28(23)40-29(24)30(35)41-31(2,3)4/h6-15H,5,16-18,32H2,1-4H3. The Morgan fingerprint density at radius 3 is 2.46 bits per heavy atom. The maximum Gasteiger partial charge on any atom is 0.375 e. The quantitative estimate of drug-likeness (QED) is 0.138. The van der Waals surface area contributed by atoms with Crippen molar-refractivity contribution in [3.05, 3.63) is 93.2 Å². The molecule has 1 aromatic heterocycles. The van der Waals surface area contributed by atoms with Gasteiger partial charge in [-0.1, -0.05) is 36.4 Å². The van der Waals surface area contributed by atoms with Crippen molar-refractivity contribution in [2.24, 2.45) is 5.73 Å². The maximum absolute atomic E-state index is 13.2. The zero-order valence-electron chi connectivity index (χ0n) is 23.4. The average Bonchev–Trinajstić information content (AvgIpc) is 3.30. The van der Waals surface area contributed by atoms with Crippen LogP contribution in [-0.4, -0.2) is 29.1 Å². The Hall–Kier alpha value is -4.70. The summed E-state index contributed by atoms with van der Waals surface area (Å²) in [5, 5.41) is 12.5. The van der Waals surface area contributed by atoms with Crippen LogP contribution in [0.5, 0.6) is 5.75 Å². The second-order valence-electron chi connectivity index (χ2n) is 10.3. The number of ether oxygens (including phenoxy) is 3. The molecular weight excluding hydrogens is 528 g/mol. The molecule has 10 nitrogen and oxygen atoms in total. The smallest absolute Gasteiger partial charge is 0.375 e. The van der Waals surface area contributed by atoms with Crippen LogP contribution in [-0.2, 0) is 33.8 Å². The van der Waals surface area contributed by atoms with Crippen molar-refractivity contribution in [1.82, 2.24) is 0 Å². The van der Waals surface area contributed by atoms with Gasteiger partial charge in [0.25, 0.3) is 0 Å². The van der Waals surface area contributed by atoms with Crippen molar-refractivity contribution >= 4 is 28.6 Å². The van der Waals surface area contributed by atoms with Gasteiger partial charge in [0.2, 0.25) is 11.3 Å². The van der Waals surface area contributed by atoms with E-state index in [1.54, 1.807) is 58.0 Å². The van der Waals surface area contributed by atoms with E-state index in [1.807, 2.05) is 24.3 Å². The van der Waals surface area contributed by atoms with Crippen LogP contribution in [0.1, 0.15) is 54.9 Å². The number of carbonyl (C=O) groups excluding carboxylic acids is 2. The molecule has 4 rings (SSSR count). The highest BCUT2D eigenvalue weighted by Crippen LogP contribution is 2.39. The first-order chi connectivity index (χ1) is 19.5. The summed E-state index contributed by atoms with van der Waals surface area (Å²) in [4.78, 5) is 37.0. The second kappa shape index (κ2) is 12.2. The maximum atomic E-state index is 13.2. The van der Waals surface area contributed by atoms with Gasteiger partial charge in [-0.05, 0) is 62.6 Å². The van der Waals surface area contributed by atoms with Crippen molar-refractivity contribution < 1.29 is 33.1 Å². The summed E-state index contributed by atoms with van der Waals surface area (Å²) in [6.07, 6.45) is -0.0117. The van der Waals surface area contributed by atoms with Gasteiger partial charge in [0.15, 0.2) is 0 Å². The molecule has 0 amide bonds. The highest BCUT2D eigenvalue weighted by atomic mass is 16.6. The van der Waals surface area contributed by atoms with Gasteiger partial charge in [0.1, 0.15) is 18.0 Å². The number of nitro groups is 1. The molecule has 0 atom stereocenters. The Balaban J connectivity index is 1.85. The number of benzene rings is 3. The lowest BCUT2D eigenvalue weighted by molar-refractivity contribution is -0.383. The molecule has 4 aromatic rings. The number of rotatable bonds is 10. The van der Waals surface area contributed by atoms with Crippen LogP contribution in [0.3, 0.4) is 0 Å². The van der Waals surface area contributed by atoms with E-state index in [2.05, 4.69) is 0 Å². The minimum absolute atomic E-state index is 0.0117. The van der Waals surface area contributed by atoms with Crippen LogP contribution < -0.4 is 10.5 Å². The number of furan rings is 1. The molecule has 0 saturated heterocycles. The first-order valence-electron chi connectivity index (χ1n) is 13.1. The lowest BCUT2D eigenvalue weighted by Crippen LogP contribution is -2.24. The van der Waals surface area contributed by atoms with Crippen LogP contribution >= 0.6 is 0 Å². The van der Waals surface area contributed by atoms with E-state index in [0.717, 1.165) is 5.56 Å². The van der Waals surface area contributed by atoms with Gasteiger partial charge in [-0.25, -0.2) is 4.79 Å². The molecule has 3 aromatic carbocycles. The first kappa shape index (κ1) is 29.3. The predicted octanol–water partition coefficient (Wildman–Crippen LogP) is 6.11. The summed E-state index contributed by atoms with van der Waals surface area (Å²) in [6.45, 7) is 7.21. The molecule has 0 fully saturated rings. The Morgan fingerprint density at radius 2 is 1.78 bits per heavy atom. The van der Waals surface area contributed by atoms with Gasteiger partial charge < -0.3 is 24.4 Å². The molecule has 0 unspecified atom stereocenters. The molecule has 2 N–H and O–H groups in total. The second-order valence-corrected chi connectivity index (χ2v) is 10.3. The molecule has 0 aliphatic rings. The topological polar surface area (TPSA) is 144 Å². The molecule has 214 valence electrons. The minimum Gasteiger partial charge on any atom is -0.488 e. The SMILES string of the molecule is CCOC(=O)Cc1ccccc1OCc1c(C(=O)OC(C)(C)C)oc2c([N+](=O)[O-])cc(-c3cccc(CN)c3)cc12. The number of nitrogens with two attached hydrogens (primary N) is 1. The lowest BCUT2D eigenvalue weighted by atomic mass is 9.99. The Kier molecular flexibility index (Phi) is 8.73. The van der Waals surface area contributed by atoms with E-state index in [9.17, 15) is 19.7 Å². The highest BCUT2D eigenvalue weighted by molar-refractivity contribution is 6.01. The molecule has 0 aliphatic heterocycles. The Morgan fingerprint density at radius 1 is 1.02 bits per heavy atom. The summed E-state index contributed by atoms with van der Waals surface area (Å²) < 4.78 is 22.6. The molecule has 10 heteroatoms. The van der Waals surface area contributed by atoms with Crippen LogP contribution in [0.25, 0.3) is 22.1 Å². The van der Waals surface area contributed by atoms with E-state index in [1.165, 1.54) is 6.07 Å². The molecular formula is C31H32N2O8. The summed E-state index contributed by atoms with van der Waals surface area (Å²) in [5.41, 5.74) is 7.55. The Labute approximate surface area is 237 Å². The Bertz CT molecular complexity index is 1600. The fourth-order valence-corrected chi connectivity index (χ4v) is 4.35. The lowest BCUT2D eigenvalue weighted by Gasteiger charge is -2.19. The average molecular weight is 561 g/mol. The largest absolute Gasteiger partial charge is 0.488 e. The van der Waals surface area contributed by atoms with Crippen molar-refractivity contribution in [1.29, 1.82) is 0 Å². The molecule has 0 aliphatic carbocycles. The third kappa shape index (κ3) is 6.90. The number of carbonyl (C=O) groups is 2. The van der Waals surface area contributed by atoms with Crippen LogP contribution in [0, 0.1) is 10.1 Å². The van der Waals surface area contributed by atoms with E-state index in [4.69, 9.17) is 24.4 Å². The summed E-state index contributed by atoms with van der Waals surface area (Å²) in [7, 11) is 0. The summed E-state index contributed by atoms with van der Waals surface area (Å²) in [5.74, 6) is -1.00. The van der Waals surface area contributed by atoms with Gasteiger partial charge in [0.05, 0.1) is 23.5 Å². The number of esters is 2. The molecule has 1 heterocycles. The van der Waals surface area contributed by atoms with Gasteiger partial charge in [-0.15, -0.1) is 0 Å². The minimum atomic E-state index is -0.847. The molecule has 0 bridgehead atoms. The van der Waals surface area contributed by atoms with Gasteiger partial charge in [0, 0.05) is 23.6 Å². The third-order valence-corrected chi connectivity index (χ3v) is 6.13. The number of nitro benzene ring substituents is 1. The summed E-state index contributed by atoms with van der Waals surface area (Å²) >= 11 is 0. The predicted molar refractivity (Wildman–Crippen MR) is 152 cm³/mol. The van der Waals surface area contributed by atoms with E-state index < -0.39 is 22.5 Å². The number of nitrogens with zero attached hydrogens (tertiary/aromatic N) is 1. The molecule has 0 spiro atoms. The number of non-ortho nitro benzene ring substituents is 1. The van der Waals surface area contributed by atoms with Crippen molar-refractivity contribution in [3.8, 4) is 16.9 Å². The van der Waals surface area contributed by atoms with Crippen LogP contribution in [0.4, 0.5) is 5.69 Å². The van der Waals surface area contributed by atoms with E-state index in [0.29, 0.717) is 34.4 Å². The molecule has 0 saturated carbocycles. The van der Waals surface area contributed by atoms with Crippen molar-refractivity contribution in [2.75, 3.05) is 6.61 Å². The van der Waals surface area contributed by atoms with E-state index >= 15 is 0 Å². The highest BCUT2D eigenvalue weighted by Gasteiger charge is 2.30. The van der Waals surface area contributed by atoms with Crippen molar-refractivity contribution in [2.45, 2.75) is 52.9 Å². The number of fused-ring (bicyclic) bond motifs is 1. The third-order valence-electron chi connectivity index (χ3n) is 6.13. The first-order valence-corrected chi connectivity index (χ1v) is 13.1. The fourth-order valence-electron chi connectivity index (χ4n) is 4.35. The van der Waals surface area contributed by atoms with Crippen LogP contribution in [0.2, 0.25) is 0 Å². The molecule has 0 radical (unpaired) electrons. The van der Waals surface area contributed by atoms with Gasteiger partial charge in [-0.3, -0.25) is 14.9 Å².